The van der Waals surface area contributed by atoms with Gasteiger partial charge in [0.2, 0.25) is 5.91 Å². The van der Waals surface area contributed by atoms with Crippen molar-refractivity contribution in [2.24, 2.45) is 5.92 Å². The molecule has 1 saturated carbocycles. The van der Waals surface area contributed by atoms with Crippen molar-refractivity contribution in [1.82, 2.24) is 20.6 Å². The molecule has 0 bridgehead atoms. The number of rotatable bonds is 10. The Hall–Kier alpha value is -3.98. The Morgan fingerprint density at radius 1 is 1.02 bits per heavy atom. The zero-order valence-electron chi connectivity index (χ0n) is 24.0. The molecule has 3 aromatic rings. The van der Waals surface area contributed by atoms with Crippen LogP contribution in [0.5, 0.6) is 11.5 Å². The zero-order valence-corrected chi connectivity index (χ0v) is 24.0. The maximum atomic E-state index is 13.3. The minimum absolute atomic E-state index is 0.00954. The van der Waals surface area contributed by atoms with Crippen LogP contribution in [0.1, 0.15) is 66.9 Å². The third kappa shape index (κ3) is 6.85. The fraction of sp³-hybridized carbons (Fsp3) is 0.438. The van der Waals surface area contributed by atoms with Crippen LogP contribution in [0.3, 0.4) is 0 Å². The second kappa shape index (κ2) is 13.1. The smallest absolute Gasteiger partial charge is 0.251 e. The molecule has 2 N–H and O–H groups in total. The molecule has 9 nitrogen and oxygen atoms in total. The third-order valence-electron chi connectivity index (χ3n) is 7.99. The molecule has 5 rings (SSSR count). The van der Waals surface area contributed by atoms with Crippen LogP contribution in [-0.4, -0.2) is 54.1 Å². The average molecular weight is 558 g/mol. The summed E-state index contributed by atoms with van der Waals surface area (Å²) in [6.07, 6.45) is 5.33. The molecule has 41 heavy (non-hydrogen) atoms. The van der Waals surface area contributed by atoms with Gasteiger partial charge in [0, 0.05) is 31.3 Å². The molecule has 216 valence electrons. The lowest BCUT2D eigenvalue weighted by atomic mass is 9.84. The molecule has 2 aliphatic rings. The maximum absolute atomic E-state index is 13.3. The molecule has 9 heteroatoms. The van der Waals surface area contributed by atoms with E-state index >= 15 is 0 Å². The highest BCUT2D eigenvalue weighted by atomic mass is 16.5. The number of hydrogen-bond donors (Lipinski definition) is 2. The van der Waals surface area contributed by atoms with Crippen molar-refractivity contribution < 1.29 is 19.1 Å². The molecule has 2 heterocycles. The number of amides is 2. The quantitative estimate of drug-likeness (QED) is 0.339. The summed E-state index contributed by atoms with van der Waals surface area (Å²) in [5.74, 6) is 3.02. The van der Waals surface area contributed by atoms with Gasteiger partial charge in [-0.15, -0.1) is 0 Å². The number of methoxy groups -OCH3 is 1. The summed E-state index contributed by atoms with van der Waals surface area (Å²) in [5, 5.41) is 6.10. The molecule has 1 aromatic heterocycles. The molecule has 2 amide bonds. The van der Waals surface area contributed by atoms with Gasteiger partial charge in [0.15, 0.2) is 0 Å². The van der Waals surface area contributed by atoms with E-state index in [0.717, 1.165) is 37.3 Å². The number of aryl methyl sites for hydroxylation is 1. The number of nitrogens with one attached hydrogen (secondary N) is 2. The summed E-state index contributed by atoms with van der Waals surface area (Å²) in [5.41, 5.74) is 1.24. The fourth-order valence-corrected chi connectivity index (χ4v) is 6.00. The van der Waals surface area contributed by atoms with Gasteiger partial charge in [0.05, 0.1) is 18.3 Å². The average Bonchev–Trinajstić information content (AvgIpc) is 3.38. The molecule has 1 aliphatic heterocycles. The Balaban J connectivity index is 1.30. The molecule has 1 aliphatic carbocycles. The Morgan fingerprint density at radius 2 is 1.76 bits per heavy atom. The van der Waals surface area contributed by atoms with Crippen molar-refractivity contribution >= 4 is 17.6 Å². The summed E-state index contributed by atoms with van der Waals surface area (Å²) in [6, 6.07) is 18.1. The van der Waals surface area contributed by atoms with E-state index in [1.807, 2.05) is 50.2 Å². The first-order valence-electron chi connectivity index (χ1n) is 14.5. The van der Waals surface area contributed by atoms with Crippen molar-refractivity contribution in [3.8, 4) is 11.5 Å². The Bertz CT molecular complexity index is 1330. The molecule has 1 saturated heterocycles. The monoisotopic (exact) mass is 557 g/mol. The highest BCUT2D eigenvalue weighted by Crippen LogP contribution is 2.42. The van der Waals surface area contributed by atoms with E-state index in [0.29, 0.717) is 41.9 Å². The largest absolute Gasteiger partial charge is 0.457 e. The first-order chi connectivity index (χ1) is 19.9. The molecule has 4 atom stereocenters. The number of fused-ring (bicyclic) bond motifs is 1. The van der Waals surface area contributed by atoms with E-state index in [1.165, 1.54) is 6.42 Å². The predicted octanol–water partition coefficient (Wildman–Crippen LogP) is 4.97. The number of para-hydroxylation sites is 1. The van der Waals surface area contributed by atoms with Gasteiger partial charge < -0.3 is 25.0 Å². The normalized spacial score (nSPS) is 20.7. The van der Waals surface area contributed by atoms with Crippen molar-refractivity contribution in [3.05, 3.63) is 77.7 Å². The van der Waals surface area contributed by atoms with E-state index in [1.54, 1.807) is 31.4 Å². The summed E-state index contributed by atoms with van der Waals surface area (Å²) >= 11 is 0. The van der Waals surface area contributed by atoms with Gasteiger partial charge in [-0.1, -0.05) is 31.0 Å². The van der Waals surface area contributed by atoms with Gasteiger partial charge >= 0.3 is 0 Å². The van der Waals surface area contributed by atoms with Crippen molar-refractivity contribution in [1.29, 1.82) is 0 Å². The van der Waals surface area contributed by atoms with Gasteiger partial charge in [-0.2, -0.15) is 0 Å². The van der Waals surface area contributed by atoms with Gasteiger partial charge in [-0.05, 0) is 75.4 Å². The number of ether oxygens (including phenoxy) is 2. The predicted molar refractivity (Wildman–Crippen MR) is 157 cm³/mol. The number of benzene rings is 2. The Labute approximate surface area is 241 Å². The number of aromatic nitrogens is 2. The topological polar surface area (TPSA) is 106 Å². The molecule has 1 unspecified atom stereocenters. The van der Waals surface area contributed by atoms with E-state index in [4.69, 9.17) is 14.5 Å². The summed E-state index contributed by atoms with van der Waals surface area (Å²) in [4.78, 5) is 38.0. The summed E-state index contributed by atoms with van der Waals surface area (Å²) < 4.78 is 11.0. The van der Waals surface area contributed by atoms with E-state index in [9.17, 15) is 9.59 Å². The lowest BCUT2D eigenvalue weighted by Crippen LogP contribution is -2.48. The van der Waals surface area contributed by atoms with E-state index in [-0.39, 0.29) is 29.9 Å². The lowest BCUT2D eigenvalue weighted by Gasteiger charge is -2.35. The minimum atomic E-state index is -0.359. The fourth-order valence-electron chi connectivity index (χ4n) is 6.00. The van der Waals surface area contributed by atoms with Gasteiger partial charge in [-0.3, -0.25) is 9.59 Å². The van der Waals surface area contributed by atoms with Gasteiger partial charge in [0.1, 0.15) is 29.2 Å². The number of carbonyl (C=O) groups excluding carboxylic acids is 2. The Kier molecular flexibility index (Phi) is 9.14. The van der Waals surface area contributed by atoms with Crippen molar-refractivity contribution in [2.75, 3.05) is 25.2 Å². The van der Waals surface area contributed by atoms with Gasteiger partial charge in [-0.25, -0.2) is 9.97 Å². The molecule has 0 spiro atoms. The number of anilines is 1. The van der Waals surface area contributed by atoms with Crippen LogP contribution in [-0.2, 0) is 9.53 Å². The van der Waals surface area contributed by atoms with Crippen LogP contribution in [0.4, 0.5) is 5.82 Å². The van der Waals surface area contributed by atoms with Crippen LogP contribution < -0.4 is 20.3 Å². The van der Waals surface area contributed by atoms with Crippen LogP contribution in [0.15, 0.2) is 60.7 Å². The van der Waals surface area contributed by atoms with Crippen LogP contribution >= 0.6 is 0 Å². The summed E-state index contributed by atoms with van der Waals surface area (Å²) in [7, 11) is 1.63. The second-order valence-electron chi connectivity index (χ2n) is 10.9. The minimum Gasteiger partial charge on any atom is -0.457 e. The van der Waals surface area contributed by atoms with Crippen LogP contribution in [0, 0.1) is 12.8 Å². The highest BCUT2D eigenvalue weighted by molar-refractivity contribution is 5.94. The first-order valence-corrected chi connectivity index (χ1v) is 14.5. The van der Waals surface area contributed by atoms with Gasteiger partial charge in [0.25, 0.3) is 5.91 Å². The number of hydrogen-bond acceptors (Lipinski definition) is 7. The molecular weight excluding hydrogens is 518 g/mol. The molecule has 2 fully saturated rings. The standard InChI is InChI=1S/C32H39N5O4/c1-21(34-31(38)23-13-15-26(16-14-23)41-25-10-5-4-6-11-25)27-20-30(36-22(2)35-27)37-28-12-8-7-9-24(28)19-29(37)32(39)33-17-18-40-3/h4-6,10-11,13-16,20-21,24,28-29H,7-9,12,17-19H2,1-3H3,(H,33,39)(H,34,38)/t21?,24-,28-,29-/m1/s1. The maximum Gasteiger partial charge on any atom is 0.251 e. The van der Waals surface area contributed by atoms with E-state index in [2.05, 4.69) is 20.5 Å². The third-order valence-corrected chi connectivity index (χ3v) is 7.99. The molecule has 2 aromatic carbocycles. The van der Waals surface area contributed by atoms with Crippen molar-refractivity contribution in [2.45, 2.75) is 64.1 Å². The number of nitrogens with zero attached hydrogens (tertiary/aromatic N) is 3. The first kappa shape index (κ1) is 28.5. The lowest BCUT2D eigenvalue weighted by molar-refractivity contribution is -0.122. The SMILES string of the molecule is COCCNC(=O)[C@H]1C[C@H]2CCCC[C@H]2N1c1cc(C(C)NC(=O)c2ccc(Oc3ccccc3)cc2)nc(C)n1. The number of carbonyl (C=O) groups is 2. The van der Waals surface area contributed by atoms with Crippen LogP contribution in [0.2, 0.25) is 0 Å². The zero-order chi connectivity index (χ0) is 28.8. The Morgan fingerprint density at radius 3 is 2.51 bits per heavy atom. The van der Waals surface area contributed by atoms with Crippen LogP contribution in [0.25, 0.3) is 0 Å². The van der Waals surface area contributed by atoms with Crippen molar-refractivity contribution in [3.63, 3.8) is 0 Å². The molecular formula is C32H39N5O4. The van der Waals surface area contributed by atoms with E-state index < -0.39 is 0 Å². The second-order valence-corrected chi connectivity index (χ2v) is 10.9. The molecule has 0 radical (unpaired) electrons. The summed E-state index contributed by atoms with van der Waals surface area (Å²) in [6.45, 7) is 4.72. The highest BCUT2D eigenvalue weighted by Gasteiger charge is 2.45.